The van der Waals surface area contributed by atoms with Gasteiger partial charge in [-0.3, -0.25) is 0 Å². The lowest BCUT2D eigenvalue weighted by molar-refractivity contribution is 0.566. The maximum absolute atomic E-state index is 4.50. The molecule has 1 rings (SSSR count). The van der Waals surface area contributed by atoms with Gasteiger partial charge in [-0.25, -0.2) is 9.97 Å². The average Bonchev–Trinajstić information content (AvgIpc) is 2.36. The smallest absolute Gasteiger partial charge is 0.134 e. The third-order valence-corrected chi connectivity index (χ3v) is 3.05. The van der Waals surface area contributed by atoms with Crippen molar-refractivity contribution < 1.29 is 0 Å². The van der Waals surface area contributed by atoms with E-state index in [1.807, 2.05) is 6.92 Å². The molecule has 1 aromatic rings. The van der Waals surface area contributed by atoms with Crippen LogP contribution < -0.4 is 10.6 Å². The fourth-order valence-electron chi connectivity index (χ4n) is 1.93. The van der Waals surface area contributed by atoms with Gasteiger partial charge in [-0.2, -0.15) is 0 Å². The van der Waals surface area contributed by atoms with Gasteiger partial charge in [-0.15, -0.1) is 0 Å². The van der Waals surface area contributed by atoms with Crippen LogP contribution in [-0.2, 0) is 0 Å². The van der Waals surface area contributed by atoms with Crippen LogP contribution in [0.25, 0.3) is 0 Å². The Labute approximate surface area is 117 Å². The summed E-state index contributed by atoms with van der Waals surface area (Å²) in [5.41, 5.74) is 1.11. The van der Waals surface area contributed by atoms with Crippen molar-refractivity contribution in [3.63, 3.8) is 0 Å². The van der Waals surface area contributed by atoms with Gasteiger partial charge in [-0.1, -0.05) is 20.8 Å². The number of hydrogen-bond acceptors (Lipinski definition) is 4. The summed E-state index contributed by atoms with van der Waals surface area (Å²) in [4.78, 5) is 8.96. The second-order valence-electron chi connectivity index (χ2n) is 5.48. The van der Waals surface area contributed by atoms with E-state index in [-0.39, 0.29) is 0 Å². The second kappa shape index (κ2) is 7.97. The molecule has 0 aromatic carbocycles. The summed E-state index contributed by atoms with van der Waals surface area (Å²) in [7, 11) is 0. The fourth-order valence-corrected chi connectivity index (χ4v) is 1.93. The molecule has 0 fully saturated rings. The highest BCUT2D eigenvalue weighted by Gasteiger charge is 2.08. The van der Waals surface area contributed by atoms with Crippen molar-refractivity contribution >= 4 is 11.6 Å². The number of anilines is 2. The maximum atomic E-state index is 4.50. The van der Waals surface area contributed by atoms with Gasteiger partial charge in [0.25, 0.3) is 0 Å². The molecule has 0 bridgehead atoms. The molecule has 4 nitrogen and oxygen atoms in total. The standard InChI is InChI=1S/C15H28N4/c1-6-9-16-14-12(4)15(19-13(5)18-14)17-10-7-8-11(2)3/h11H,6-10H2,1-5H3,(H2,16,17,18,19). The monoisotopic (exact) mass is 264 g/mol. The zero-order chi connectivity index (χ0) is 14.3. The predicted molar refractivity (Wildman–Crippen MR) is 82.8 cm³/mol. The molecule has 0 spiro atoms. The Morgan fingerprint density at radius 3 is 2.11 bits per heavy atom. The summed E-state index contributed by atoms with van der Waals surface area (Å²) in [5, 5.41) is 6.80. The Bertz CT molecular complexity index is 388. The Balaban J connectivity index is 2.63. The van der Waals surface area contributed by atoms with Gasteiger partial charge in [0.15, 0.2) is 0 Å². The van der Waals surface area contributed by atoms with Crippen LogP contribution in [0.3, 0.4) is 0 Å². The van der Waals surface area contributed by atoms with Crippen LogP contribution in [0, 0.1) is 19.8 Å². The molecular formula is C15H28N4. The fraction of sp³-hybridized carbons (Fsp3) is 0.733. The normalized spacial score (nSPS) is 10.8. The van der Waals surface area contributed by atoms with Gasteiger partial charge in [0.1, 0.15) is 17.5 Å². The summed E-state index contributed by atoms with van der Waals surface area (Å²) in [6.45, 7) is 12.6. The molecule has 19 heavy (non-hydrogen) atoms. The first-order valence-corrected chi connectivity index (χ1v) is 7.37. The Morgan fingerprint density at radius 1 is 1.00 bits per heavy atom. The quantitative estimate of drug-likeness (QED) is 0.702. The topological polar surface area (TPSA) is 49.8 Å². The Kier molecular flexibility index (Phi) is 6.60. The maximum Gasteiger partial charge on any atom is 0.134 e. The van der Waals surface area contributed by atoms with E-state index in [4.69, 9.17) is 0 Å². The second-order valence-corrected chi connectivity index (χ2v) is 5.48. The van der Waals surface area contributed by atoms with Crippen molar-refractivity contribution in [1.82, 2.24) is 9.97 Å². The van der Waals surface area contributed by atoms with Crippen molar-refractivity contribution in [3.05, 3.63) is 11.4 Å². The molecule has 1 heterocycles. The third kappa shape index (κ3) is 5.45. The first-order chi connectivity index (χ1) is 9.04. The number of hydrogen-bond donors (Lipinski definition) is 2. The molecule has 0 atom stereocenters. The molecule has 2 N–H and O–H groups in total. The molecule has 0 unspecified atom stereocenters. The van der Waals surface area contributed by atoms with Crippen LogP contribution in [0.15, 0.2) is 0 Å². The van der Waals surface area contributed by atoms with E-state index >= 15 is 0 Å². The molecule has 0 radical (unpaired) electrons. The summed E-state index contributed by atoms with van der Waals surface area (Å²) in [5.74, 6) is 3.50. The highest BCUT2D eigenvalue weighted by molar-refractivity contribution is 5.57. The SMILES string of the molecule is CCCNc1nc(C)nc(NCCCC(C)C)c1C. The van der Waals surface area contributed by atoms with E-state index in [0.29, 0.717) is 0 Å². The van der Waals surface area contributed by atoms with Crippen molar-refractivity contribution in [3.8, 4) is 0 Å². The zero-order valence-electron chi connectivity index (χ0n) is 13.0. The number of aromatic nitrogens is 2. The van der Waals surface area contributed by atoms with Crippen LogP contribution in [0.1, 0.15) is 51.4 Å². The zero-order valence-corrected chi connectivity index (χ0v) is 13.0. The van der Waals surface area contributed by atoms with E-state index in [2.05, 4.69) is 48.3 Å². The van der Waals surface area contributed by atoms with E-state index in [9.17, 15) is 0 Å². The molecule has 1 aromatic heterocycles. The minimum atomic E-state index is 0.761. The van der Waals surface area contributed by atoms with Crippen LogP contribution in [0.5, 0.6) is 0 Å². The Hall–Kier alpha value is -1.32. The first kappa shape index (κ1) is 15.7. The van der Waals surface area contributed by atoms with E-state index in [1.54, 1.807) is 0 Å². The lowest BCUT2D eigenvalue weighted by Crippen LogP contribution is -2.11. The van der Waals surface area contributed by atoms with Gasteiger partial charge < -0.3 is 10.6 Å². The number of rotatable bonds is 8. The molecule has 108 valence electrons. The van der Waals surface area contributed by atoms with Gasteiger partial charge in [-0.05, 0) is 39.0 Å². The number of aryl methyl sites for hydroxylation is 1. The van der Waals surface area contributed by atoms with Crippen molar-refractivity contribution in [1.29, 1.82) is 0 Å². The molecule has 0 amide bonds. The molecule has 0 saturated heterocycles. The summed E-state index contributed by atoms with van der Waals surface area (Å²) in [6.07, 6.45) is 3.52. The van der Waals surface area contributed by atoms with Gasteiger partial charge >= 0.3 is 0 Å². The summed E-state index contributed by atoms with van der Waals surface area (Å²) < 4.78 is 0. The van der Waals surface area contributed by atoms with E-state index in [1.165, 1.54) is 12.8 Å². The first-order valence-electron chi connectivity index (χ1n) is 7.37. The lowest BCUT2D eigenvalue weighted by Gasteiger charge is -2.14. The molecular weight excluding hydrogens is 236 g/mol. The lowest BCUT2D eigenvalue weighted by atomic mass is 10.1. The highest BCUT2D eigenvalue weighted by atomic mass is 15.1. The predicted octanol–water partition coefficient (Wildman–Crippen LogP) is 3.76. The van der Waals surface area contributed by atoms with Crippen molar-refractivity contribution in [2.75, 3.05) is 23.7 Å². The minimum Gasteiger partial charge on any atom is -0.370 e. The van der Waals surface area contributed by atoms with E-state index in [0.717, 1.165) is 48.5 Å². The van der Waals surface area contributed by atoms with Gasteiger partial charge in [0, 0.05) is 18.7 Å². The molecule has 0 aliphatic heterocycles. The largest absolute Gasteiger partial charge is 0.370 e. The van der Waals surface area contributed by atoms with Crippen molar-refractivity contribution in [2.45, 2.75) is 53.9 Å². The number of nitrogens with one attached hydrogen (secondary N) is 2. The van der Waals surface area contributed by atoms with Crippen LogP contribution in [0.4, 0.5) is 11.6 Å². The molecule has 4 heteroatoms. The minimum absolute atomic E-state index is 0.761. The van der Waals surface area contributed by atoms with Crippen molar-refractivity contribution in [2.24, 2.45) is 5.92 Å². The summed E-state index contributed by atoms with van der Waals surface area (Å²) >= 11 is 0. The van der Waals surface area contributed by atoms with Gasteiger partial charge in [0.2, 0.25) is 0 Å². The van der Waals surface area contributed by atoms with Crippen LogP contribution in [0.2, 0.25) is 0 Å². The Morgan fingerprint density at radius 2 is 1.58 bits per heavy atom. The van der Waals surface area contributed by atoms with Crippen LogP contribution >= 0.6 is 0 Å². The highest BCUT2D eigenvalue weighted by Crippen LogP contribution is 2.20. The third-order valence-electron chi connectivity index (χ3n) is 3.05. The molecule has 0 saturated carbocycles. The average molecular weight is 264 g/mol. The number of nitrogens with zero attached hydrogens (tertiary/aromatic N) is 2. The van der Waals surface area contributed by atoms with Gasteiger partial charge in [0.05, 0.1) is 0 Å². The van der Waals surface area contributed by atoms with E-state index < -0.39 is 0 Å². The summed E-state index contributed by atoms with van der Waals surface area (Å²) in [6, 6.07) is 0. The van der Waals surface area contributed by atoms with Crippen LogP contribution in [-0.4, -0.2) is 23.1 Å². The molecule has 0 aliphatic rings. The molecule has 0 aliphatic carbocycles.